The maximum atomic E-state index is 13.9. The molecule has 0 aliphatic heterocycles. The molecule has 4 aromatic rings. The predicted octanol–water partition coefficient (Wildman–Crippen LogP) is 6.91. The molecule has 1 amide bonds. The van der Waals surface area contributed by atoms with E-state index in [2.05, 4.69) is 10.6 Å². The first-order chi connectivity index (χ1) is 17.1. The summed E-state index contributed by atoms with van der Waals surface area (Å²) in [6, 6.07) is 13.6. The molecule has 0 radical (unpaired) electrons. The molecule has 0 saturated heterocycles. The number of thiophene rings is 1. The molecule has 0 aliphatic carbocycles. The number of carbonyl (C=O) groups is 3. The second kappa shape index (κ2) is 10.3. The molecule has 4 rings (SSSR count). The minimum absolute atomic E-state index is 0.00670. The monoisotopic (exact) mass is 526 g/mol. The van der Waals surface area contributed by atoms with Gasteiger partial charge in [-0.05, 0) is 66.4 Å². The highest BCUT2D eigenvalue weighted by Crippen LogP contribution is 2.28. The smallest absolute Gasteiger partial charge is 0.348 e. The van der Waals surface area contributed by atoms with Crippen LogP contribution in [-0.2, 0) is 0 Å². The zero-order chi connectivity index (χ0) is 26.0. The van der Waals surface area contributed by atoms with E-state index < -0.39 is 29.3 Å². The molecule has 0 fully saturated rings. The number of amides is 1. The van der Waals surface area contributed by atoms with Gasteiger partial charge in [-0.2, -0.15) is 0 Å². The molecule has 0 atom stereocenters. The Kier molecular flexibility index (Phi) is 7.14. The molecule has 3 N–H and O–H groups in total. The third-order valence-corrected chi connectivity index (χ3v) is 6.49. The average Bonchev–Trinajstić information content (AvgIpc) is 3.29. The van der Waals surface area contributed by atoms with E-state index in [1.54, 1.807) is 18.4 Å². The maximum Gasteiger partial charge on any atom is 0.348 e. The topological polar surface area (TPSA) is 95.5 Å². The maximum absolute atomic E-state index is 13.9. The van der Waals surface area contributed by atoms with Gasteiger partial charge in [-0.1, -0.05) is 17.7 Å². The Labute approximate surface area is 213 Å². The summed E-state index contributed by atoms with van der Waals surface area (Å²) in [5.74, 6) is -3.66. The van der Waals surface area contributed by atoms with Gasteiger partial charge in [0, 0.05) is 28.4 Å². The lowest BCUT2D eigenvalue weighted by molar-refractivity contribution is 0.0703. The summed E-state index contributed by atoms with van der Waals surface area (Å²) < 4.78 is 27.1. The van der Waals surface area contributed by atoms with Crippen molar-refractivity contribution in [3.05, 3.63) is 110 Å². The second-order valence-electron chi connectivity index (χ2n) is 7.73. The van der Waals surface area contributed by atoms with Crippen molar-refractivity contribution < 1.29 is 28.3 Å². The summed E-state index contributed by atoms with van der Waals surface area (Å²) in [6.07, 6.45) is 0. The number of aryl methyl sites for hydroxylation is 1. The summed E-state index contributed by atoms with van der Waals surface area (Å²) in [6.45, 7) is 1.71. The van der Waals surface area contributed by atoms with Crippen molar-refractivity contribution in [1.29, 1.82) is 0 Å². The Balaban J connectivity index is 1.57. The van der Waals surface area contributed by atoms with Crippen LogP contribution < -0.4 is 10.6 Å². The number of hydrogen-bond donors (Lipinski definition) is 3. The van der Waals surface area contributed by atoms with E-state index in [0.29, 0.717) is 11.3 Å². The zero-order valence-corrected chi connectivity index (χ0v) is 20.1. The molecule has 0 spiro atoms. The van der Waals surface area contributed by atoms with Crippen molar-refractivity contribution in [2.75, 3.05) is 10.6 Å². The molecule has 0 bridgehead atoms. The van der Waals surface area contributed by atoms with Gasteiger partial charge in [-0.15, -0.1) is 11.3 Å². The van der Waals surface area contributed by atoms with E-state index in [4.69, 9.17) is 11.6 Å². The lowest BCUT2D eigenvalue weighted by atomic mass is 9.96. The standard InChI is InChI=1S/C26H17ClF2N2O4S/c1-13-2-3-14(25(33)31-22-8-9-36-24(22)26(34)35)10-18(13)23(32)17-6-5-16(12-19(17)27)30-21-7-4-15(28)11-20(21)29/h2-12,30H,1H3,(H,31,33)(H,34,35). The molecule has 10 heteroatoms. The normalized spacial score (nSPS) is 10.7. The van der Waals surface area contributed by atoms with E-state index in [1.165, 1.54) is 42.5 Å². The van der Waals surface area contributed by atoms with E-state index in [9.17, 15) is 28.3 Å². The van der Waals surface area contributed by atoms with Crippen LogP contribution in [0.1, 0.15) is 41.5 Å². The van der Waals surface area contributed by atoms with Gasteiger partial charge >= 0.3 is 5.97 Å². The fourth-order valence-corrected chi connectivity index (χ4v) is 4.40. The summed E-state index contributed by atoms with van der Waals surface area (Å²) in [5, 5.41) is 16.2. The number of benzene rings is 3. The van der Waals surface area contributed by atoms with Crippen LogP contribution >= 0.6 is 22.9 Å². The van der Waals surface area contributed by atoms with Crippen LogP contribution in [0.5, 0.6) is 0 Å². The van der Waals surface area contributed by atoms with Crippen LogP contribution in [0.3, 0.4) is 0 Å². The lowest BCUT2D eigenvalue weighted by Crippen LogP contribution is -2.15. The van der Waals surface area contributed by atoms with Gasteiger partial charge in [0.15, 0.2) is 5.78 Å². The fourth-order valence-electron chi connectivity index (χ4n) is 3.44. The number of aromatic carboxylic acids is 1. The molecule has 1 aromatic heterocycles. The molecular formula is C26H17ClF2N2O4S. The van der Waals surface area contributed by atoms with Crippen LogP contribution in [0.2, 0.25) is 5.02 Å². The summed E-state index contributed by atoms with van der Waals surface area (Å²) in [4.78, 5) is 37.3. The first-order valence-corrected chi connectivity index (χ1v) is 11.7. The van der Waals surface area contributed by atoms with Gasteiger partial charge in [0.2, 0.25) is 0 Å². The number of hydrogen-bond acceptors (Lipinski definition) is 5. The molecule has 36 heavy (non-hydrogen) atoms. The molecular weight excluding hydrogens is 510 g/mol. The zero-order valence-electron chi connectivity index (χ0n) is 18.6. The molecule has 0 saturated carbocycles. The number of ketones is 1. The lowest BCUT2D eigenvalue weighted by Gasteiger charge is -2.12. The van der Waals surface area contributed by atoms with Crippen LogP contribution in [0.4, 0.5) is 25.8 Å². The van der Waals surface area contributed by atoms with Crippen molar-refractivity contribution in [1.82, 2.24) is 0 Å². The first-order valence-electron chi connectivity index (χ1n) is 10.4. The van der Waals surface area contributed by atoms with Gasteiger partial charge in [0.05, 0.1) is 16.4 Å². The summed E-state index contributed by atoms with van der Waals surface area (Å²) in [7, 11) is 0. The summed E-state index contributed by atoms with van der Waals surface area (Å²) in [5.41, 5.74) is 1.74. The van der Waals surface area contributed by atoms with E-state index in [-0.39, 0.29) is 38.0 Å². The second-order valence-corrected chi connectivity index (χ2v) is 9.05. The predicted molar refractivity (Wildman–Crippen MR) is 135 cm³/mol. The first kappa shape index (κ1) is 25.0. The van der Waals surface area contributed by atoms with Crippen molar-refractivity contribution in [2.45, 2.75) is 6.92 Å². The van der Waals surface area contributed by atoms with Crippen molar-refractivity contribution in [2.24, 2.45) is 0 Å². The van der Waals surface area contributed by atoms with Gasteiger partial charge in [-0.3, -0.25) is 9.59 Å². The van der Waals surface area contributed by atoms with E-state index >= 15 is 0 Å². The van der Waals surface area contributed by atoms with Crippen molar-refractivity contribution in [3.63, 3.8) is 0 Å². The molecule has 0 aliphatic rings. The molecule has 6 nitrogen and oxygen atoms in total. The van der Waals surface area contributed by atoms with Crippen molar-refractivity contribution in [3.8, 4) is 0 Å². The number of carboxylic acid groups (broad SMARTS) is 1. The Bertz CT molecular complexity index is 1520. The highest BCUT2D eigenvalue weighted by atomic mass is 35.5. The average molecular weight is 527 g/mol. The Morgan fingerprint density at radius 2 is 1.69 bits per heavy atom. The largest absolute Gasteiger partial charge is 0.477 e. The highest BCUT2D eigenvalue weighted by Gasteiger charge is 2.20. The van der Waals surface area contributed by atoms with Crippen molar-refractivity contribution >= 4 is 57.7 Å². The van der Waals surface area contributed by atoms with Gasteiger partial charge in [-0.25, -0.2) is 13.6 Å². The molecule has 3 aromatic carbocycles. The minimum Gasteiger partial charge on any atom is -0.477 e. The van der Waals surface area contributed by atoms with Gasteiger partial charge in [0.1, 0.15) is 16.5 Å². The Morgan fingerprint density at radius 1 is 0.917 bits per heavy atom. The number of carbonyl (C=O) groups excluding carboxylic acids is 2. The number of rotatable bonds is 7. The molecule has 1 heterocycles. The third kappa shape index (κ3) is 5.27. The SMILES string of the molecule is Cc1ccc(C(=O)Nc2ccsc2C(=O)O)cc1C(=O)c1ccc(Nc2ccc(F)cc2F)cc1Cl. The number of anilines is 3. The third-order valence-electron chi connectivity index (χ3n) is 5.28. The fraction of sp³-hybridized carbons (Fsp3) is 0.0385. The van der Waals surface area contributed by atoms with Gasteiger partial charge in [0.25, 0.3) is 5.91 Å². The minimum atomic E-state index is -1.16. The van der Waals surface area contributed by atoms with Gasteiger partial charge < -0.3 is 15.7 Å². The summed E-state index contributed by atoms with van der Waals surface area (Å²) >= 11 is 7.34. The van der Waals surface area contributed by atoms with E-state index in [0.717, 1.165) is 23.5 Å². The quantitative estimate of drug-likeness (QED) is 0.227. The highest BCUT2D eigenvalue weighted by molar-refractivity contribution is 7.12. The number of halogens is 3. The van der Waals surface area contributed by atoms with Crippen LogP contribution in [0.15, 0.2) is 66.0 Å². The molecule has 182 valence electrons. The number of nitrogens with one attached hydrogen (secondary N) is 2. The van der Waals surface area contributed by atoms with E-state index in [1.807, 2.05) is 0 Å². The Hall–Kier alpha value is -4.08. The van der Waals surface area contributed by atoms with Crippen LogP contribution in [0.25, 0.3) is 0 Å². The number of carboxylic acids is 1. The van der Waals surface area contributed by atoms with Crippen LogP contribution in [0, 0.1) is 18.6 Å². The Morgan fingerprint density at radius 3 is 2.39 bits per heavy atom. The van der Waals surface area contributed by atoms with Crippen LogP contribution in [-0.4, -0.2) is 22.8 Å². The molecule has 0 unspecified atom stereocenters.